The highest BCUT2D eigenvalue weighted by Crippen LogP contribution is 2.16. The molecule has 1 fully saturated rings. The van der Waals surface area contributed by atoms with Gasteiger partial charge in [-0.05, 0) is 0 Å². The van der Waals surface area contributed by atoms with Crippen LogP contribution in [0.4, 0.5) is 13.2 Å². The monoisotopic (exact) mass is 256 g/mol. The van der Waals surface area contributed by atoms with Crippen LogP contribution in [0.25, 0.3) is 0 Å². The number of hydrogen-bond donors (Lipinski definition) is 3. The molecule has 1 atom stereocenters. The molecule has 0 saturated carbocycles. The summed E-state index contributed by atoms with van der Waals surface area (Å²) in [5.74, 6) is -0.759. The van der Waals surface area contributed by atoms with Crippen molar-refractivity contribution in [1.82, 2.24) is 10.6 Å². The number of aliphatic hydroxyl groups is 1. The number of hydrogen-bond acceptors (Lipinski definition) is 4. The van der Waals surface area contributed by atoms with Crippen molar-refractivity contribution in [3.63, 3.8) is 0 Å². The third-order valence-corrected chi connectivity index (χ3v) is 2.31. The van der Waals surface area contributed by atoms with Gasteiger partial charge in [-0.2, -0.15) is 13.2 Å². The zero-order valence-electron chi connectivity index (χ0n) is 9.14. The van der Waals surface area contributed by atoms with E-state index in [1.165, 1.54) is 0 Å². The molecule has 100 valence electrons. The molecule has 0 aromatic heterocycles. The molecule has 8 heteroatoms. The van der Waals surface area contributed by atoms with Gasteiger partial charge in [0.15, 0.2) is 0 Å². The summed E-state index contributed by atoms with van der Waals surface area (Å²) in [6.45, 7) is -0.881. The summed E-state index contributed by atoms with van der Waals surface area (Å²) in [6, 6.07) is 0. The highest BCUT2D eigenvalue weighted by molar-refractivity contribution is 5.78. The number of amides is 1. The third-order valence-electron chi connectivity index (χ3n) is 2.31. The van der Waals surface area contributed by atoms with Crippen molar-refractivity contribution >= 4 is 5.91 Å². The molecule has 0 aromatic rings. The van der Waals surface area contributed by atoms with Gasteiger partial charge in [-0.15, -0.1) is 0 Å². The predicted octanol–water partition coefficient (Wildman–Crippen LogP) is -0.594. The van der Waals surface area contributed by atoms with Crippen LogP contribution in [0.1, 0.15) is 6.42 Å². The van der Waals surface area contributed by atoms with E-state index in [9.17, 15) is 23.1 Å². The quantitative estimate of drug-likeness (QED) is 0.614. The molecule has 1 aliphatic heterocycles. The summed E-state index contributed by atoms with van der Waals surface area (Å²) in [7, 11) is 0. The van der Waals surface area contributed by atoms with Crippen LogP contribution >= 0.6 is 0 Å². The lowest BCUT2D eigenvalue weighted by Crippen LogP contribution is -2.45. The molecule has 0 radical (unpaired) electrons. The molecule has 1 amide bonds. The van der Waals surface area contributed by atoms with Gasteiger partial charge in [0.2, 0.25) is 5.91 Å². The number of ether oxygens (including phenoxy) is 1. The van der Waals surface area contributed by atoms with E-state index >= 15 is 0 Å². The molecule has 3 N–H and O–H groups in total. The molecule has 0 aromatic carbocycles. The van der Waals surface area contributed by atoms with Crippen molar-refractivity contribution in [2.45, 2.75) is 18.2 Å². The van der Waals surface area contributed by atoms with Crippen LogP contribution in [-0.4, -0.2) is 55.6 Å². The normalized spacial score (nSPS) is 24.9. The summed E-state index contributed by atoms with van der Waals surface area (Å²) in [6.07, 6.45) is -3.96. The highest BCUT2D eigenvalue weighted by Gasteiger charge is 2.32. The molecule has 1 rings (SSSR count). The first-order chi connectivity index (χ1) is 7.81. The van der Waals surface area contributed by atoms with Gasteiger partial charge in [-0.1, -0.05) is 0 Å². The molecule has 1 aliphatic rings. The fourth-order valence-corrected chi connectivity index (χ4v) is 1.41. The minimum Gasteiger partial charge on any atom is -0.386 e. The van der Waals surface area contributed by atoms with Gasteiger partial charge in [-0.25, -0.2) is 0 Å². The van der Waals surface area contributed by atoms with Gasteiger partial charge in [0.05, 0.1) is 13.2 Å². The standard InChI is InChI=1S/C9H15F3N2O3/c10-9(11,12)5-14-7(15)3-13-4-8(16)1-2-17-6-8/h13,16H,1-6H2,(H,14,15). The Kier molecular flexibility index (Phi) is 4.72. The molecule has 0 aliphatic carbocycles. The van der Waals surface area contributed by atoms with Gasteiger partial charge in [-0.3, -0.25) is 4.79 Å². The number of carbonyl (C=O) groups excluding carboxylic acids is 1. The van der Waals surface area contributed by atoms with Crippen molar-refractivity contribution in [2.24, 2.45) is 0 Å². The van der Waals surface area contributed by atoms with Crippen molar-refractivity contribution in [3.05, 3.63) is 0 Å². The number of halogens is 3. The Morgan fingerprint density at radius 2 is 2.18 bits per heavy atom. The molecule has 17 heavy (non-hydrogen) atoms. The Morgan fingerprint density at radius 1 is 1.47 bits per heavy atom. The van der Waals surface area contributed by atoms with Crippen molar-refractivity contribution in [2.75, 3.05) is 32.8 Å². The van der Waals surface area contributed by atoms with Crippen molar-refractivity contribution in [3.8, 4) is 0 Å². The van der Waals surface area contributed by atoms with Crippen LogP contribution in [0.15, 0.2) is 0 Å². The van der Waals surface area contributed by atoms with Gasteiger partial charge < -0.3 is 20.5 Å². The van der Waals surface area contributed by atoms with E-state index in [-0.39, 0.29) is 19.7 Å². The van der Waals surface area contributed by atoms with E-state index in [0.717, 1.165) is 0 Å². The average Bonchev–Trinajstić information content (AvgIpc) is 2.61. The summed E-state index contributed by atoms with van der Waals surface area (Å²) in [5.41, 5.74) is -1.02. The molecular formula is C9H15F3N2O3. The second kappa shape index (κ2) is 5.65. The van der Waals surface area contributed by atoms with Crippen LogP contribution in [0.3, 0.4) is 0 Å². The lowest BCUT2D eigenvalue weighted by molar-refractivity contribution is -0.138. The van der Waals surface area contributed by atoms with Crippen LogP contribution in [0.2, 0.25) is 0 Å². The van der Waals surface area contributed by atoms with E-state index < -0.39 is 24.2 Å². The summed E-state index contributed by atoms with van der Waals surface area (Å²) >= 11 is 0. The minimum absolute atomic E-state index is 0.117. The number of alkyl halides is 3. The fraction of sp³-hybridized carbons (Fsp3) is 0.889. The maximum Gasteiger partial charge on any atom is 0.405 e. The van der Waals surface area contributed by atoms with Crippen LogP contribution < -0.4 is 10.6 Å². The fourth-order valence-electron chi connectivity index (χ4n) is 1.41. The Bertz CT molecular complexity index is 265. The zero-order valence-corrected chi connectivity index (χ0v) is 9.14. The molecule has 1 saturated heterocycles. The Labute approximate surface area is 96.3 Å². The van der Waals surface area contributed by atoms with E-state index in [1.807, 2.05) is 0 Å². The maximum atomic E-state index is 11.8. The maximum absolute atomic E-state index is 11.8. The summed E-state index contributed by atoms with van der Waals surface area (Å²) in [4.78, 5) is 11.0. The SMILES string of the molecule is O=C(CNCC1(O)CCOC1)NCC(F)(F)F. The Hall–Kier alpha value is -0.860. The number of rotatable bonds is 5. The van der Waals surface area contributed by atoms with E-state index in [4.69, 9.17) is 4.74 Å². The van der Waals surface area contributed by atoms with Gasteiger partial charge in [0, 0.05) is 19.6 Å². The lowest BCUT2D eigenvalue weighted by atomic mass is 10.0. The summed E-state index contributed by atoms with van der Waals surface area (Å²) in [5, 5.41) is 14.1. The van der Waals surface area contributed by atoms with Crippen LogP contribution in [0, 0.1) is 0 Å². The van der Waals surface area contributed by atoms with Crippen molar-refractivity contribution in [1.29, 1.82) is 0 Å². The first-order valence-electron chi connectivity index (χ1n) is 5.15. The van der Waals surface area contributed by atoms with E-state index in [1.54, 1.807) is 5.32 Å². The zero-order chi connectivity index (χ0) is 12.9. The topological polar surface area (TPSA) is 70.6 Å². The molecule has 5 nitrogen and oxygen atoms in total. The van der Waals surface area contributed by atoms with Gasteiger partial charge in [0.25, 0.3) is 0 Å². The predicted molar refractivity (Wildman–Crippen MR) is 52.3 cm³/mol. The number of carbonyl (C=O) groups is 1. The van der Waals surface area contributed by atoms with Crippen LogP contribution in [-0.2, 0) is 9.53 Å². The highest BCUT2D eigenvalue weighted by atomic mass is 19.4. The first kappa shape index (κ1) is 14.2. The minimum atomic E-state index is -4.41. The lowest BCUT2D eigenvalue weighted by Gasteiger charge is -2.20. The average molecular weight is 256 g/mol. The molecular weight excluding hydrogens is 241 g/mol. The molecule has 0 spiro atoms. The molecule has 0 bridgehead atoms. The Balaban J connectivity index is 2.12. The van der Waals surface area contributed by atoms with E-state index in [2.05, 4.69) is 5.32 Å². The summed E-state index contributed by atoms with van der Waals surface area (Å²) < 4.78 is 40.2. The third kappa shape index (κ3) is 5.85. The largest absolute Gasteiger partial charge is 0.405 e. The smallest absolute Gasteiger partial charge is 0.386 e. The molecule has 1 heterocycles. The van der Waals surface area contributed by atoms with Crippen LogP contribution in [0.5, 0.6) is 0 Å². The van der Waals surface area contributed by atoms with Gasteiger partial charge in [0.1, 0.15) is 12.1 Å². The second-order valence-corrected chi connectivity index (χ2v) is 4.02. The Morgan fingerprint density at radius 3 is 2.71 bits per heavy atom. The van der Waals surface area contributed by atoms with E-state index in [0.29, 0.717) is 13.0 Å². The molecule has 1 unspecified atom stereocenters. The second-order valence-electron chi connectivity index (χ2n) is 4.02. The van der Waals surface area contributed by atoms with Gasteiger partial charge >= 0.3 is 6.18 Å². The first-order valence-corrected chi connectivity index (χ1v) is 5.15. The number of nitrogens with one attached hydrogen (secondary N) is 2. The van der Waals surface area contributed by atoms with Crippen molar-refractivity contribution < 1.29 is 27.8 Å².